The van der Waals surface area contributed by atoms with Crippen molar-refractivity contribution in [2.45, 2.75) is 30.9 Å². The van der Waals surface area contributed by atoms with Crippen molar-refractivity contribution in [2.24, 2.45) is 0 Å². The Bertz CT molecular complexity index is 1480. The van der Waals surface area contributed by atoms with E-state index in [0.29, 0.717) is 6.07 Å². The van der Waals surface area contributed by atoms with Crippen LogP contribution in [-0.4, -0.2) is 0 Å². The lowest BCUT2D eigenvalue weighted by Crippen LogP contribution is -2.17. The normalized spacial score (nSPS) is 13.3. The van der Waals surface area contributed by atoms with Crippen molar-refractivity contribution in [3.8, 4) is 23.0 Å². The predicted molar refractivity (Wildman–Crippen MR) is 113 cm³/mol. The van der Waals surface area contributed by atoms with Gasteiger partial charge < -0.3 is 20.9 Å². The zero-order chi connectivity index (χ0) is 32.2. The number of anilines is 2. The highest BCUT2D eigenvalue weighted by Crippen LogP contribution is 2.50. The smallest absolute Gasteiger partial charge is 0.421 e. The van der Waals surface area contributed by atoms with E-state index in [2.05, 4.69) is 4.74 Å². The van der Waals surface area contributed by atoms with Gasteiger partial charge in [-0.1, -0.05) is 0 Å². The lowest BCUT2D eigenvalue weighted by molar-refractivity contribution is -0.144. The molecule has 19 heteroatoms. The van der Waals surface area contributed by atoms with Crippen molar-refractivity contribution in [1.29, 1.82) is 0 Å². The average Bonchev–Trinajstić information content (AvgIpc) is 2.75. The molecular weight excluding hydrogens is 621 g/mol. The topological polar surface area (TPSA) is 70.5 Å². The maximum absolute atomic E-state index is 13.6. The monoisotopic (exact) mass is 632 g/mol. The van der Waals surface area contributed by atoms with Crippen LogP contribution in [0.25, 0.3) is 0 Å². The van der Waals surface area contributed by atoms with Gasteiger partial charge in [0.2, 0.25) is 0 Å². The van der Waals surface area contributed by atoms with Crippen LogP contribution in [0.4, 0.5) is 77.2 Å². The minimum Gasteiger partial charge on any atom is -0.457 e. The molecule has 0 fully saturated rings. The number of ether oxygens (including phenoxy) is 2. The maximum Gasteiger partial charge on any atom is 0.421 e. The fraction of sp³-hybridized carbons (Fsp3) is 0.217. The standard InChI is InChI=1S/C23H11F15N2O2/c24-19(25,26)9-2-1-8(41-12-5-3-10(20(27,28)29)17(39)15(12)22(33,34)35)7-14(9)42-13-6-4-11(21(30,31)32)18(40)16(13)23(36,37)38/h1-7H,39-40H2. The highest BCUT2D eigenvalue weighted by atomic mass is 19.4. The number of rotatable bonds is 4. The summed E-state index contributed by atoms with van der Waals surface area (Å²) < 4.78 is 210. The fourth-order valence-corrected chi connectivity index (χ4v) is 3.58. The van der Waals surface area contributed by atoms with Gasteiger partial charge in [0.15, 0.2) is 0 Å². The van der Waals surface area contributed by atoms with Crippen molar-refractivity contribution in [3.63, 3.8) is 0 Å². The van der Waals surface area contributed by atoms with E-state index in [-0.39, 0.29) is 36.4 Å². The molecule has 4 N–H and O–H groups in total. The Morgan fingerprint density at radius 3 is 1.12 bits per heavy atom. The quantitative estimate of drug-likeness (QED) is 0.222. The third kappa shape index (κ3) is 6.64. The number of alkyl halides is 15. The van der Waals surface area contributed by atoms with E-state index in [1.807, 2.05) is 0 Å². The summed E-state index contributed by atoms with van der Waals surface area (Å²) in [6.45, 7) is 0. The van der Waals surface area contributed by atoms with Gasteiger partial charge >= 0.3 is 30.9 Å². The van der Waals surface area contributed by atoms with Crippen LogP contribution in [0.3, 0.4) is 0 Å². The van der Waals surface area contributed by atoms with Crippen LogP contribution in [0.15, 0.2) is 42.5 Å². The van der Waals surface area contributed by atoms with Gasteiger partial charge in [-0.3, -0.25) is 0 Å². The van der Waals surface area contributed by atoms with E-state index >= 15 is 0 Å². The van der Waals surface area contributed by atoms with Gasteiger partial charge in [0.25, 0.3) is 0 Å². The van der Waals surface area contributed by atoms with Crippen LogP contribution in [0.2, 0.25) is 0 Å². The molecule has 0 unspecified atom stereocenters. The molecule has 42 heavy (non-hydrogen) atoms. The largest absolute Gasteiger partial charge is 0.457 e. The molecule has 3 aromatic carbocycles. The molecule has 0 aliphatic carbocycles. The molecule has 0 radical (unpaired) electrons. The first-order chi connectivity index (χ1) is 18.8. The predicted octanol–water partition coefficient (Wildman–Crippen LogP) is 9.53. The van der Waals surface area contributed by atoms with Gasteiger partial charge in [-0.2, -0.15) is 65.9 Å². The lowest BCUT2D eigenvalue weighted by atomic mass is 10.0. The second-order valence-electron chi connectivity index (χ2n) is 8.15. The van der Waals surface area contributed by atoms with Crippen LogP contribution in [0, 0.1) is 0 Å². The van der Waals surface area contributed by atoms with E-state index in [0.717, 1.165) is 0 Å². The minimum absolute atomic E-state index is 0.00795. The fourth-order valence-electron chi connectivity index (χ4n) is 3.58. The van der Waals surface area contributed by atoms with Gasteiger partial charge in [0.05, 0.1) is 28.1 Å². The number of hydrogen-bond acceptors (Lipinski definition) is 4. The molecule has 0 heterocycles. The molecule has 0 saturated heterocycles. The van der Waals surface area contributed by atoms with Crippen LogP contribution in [-0.2, 0) is 30.9 Å². The average molecular weight is 632 g/mol. The van der Waals surface area contributed by atoms with Crippen LogP contribution in [0.5, 0.6) is 23.0 Å². The van der Waals surface area contributed by atoms with E-state index in [9.17, 15) is 65.9 Å². The Morgan fingerprint density at radius 2 is 0.762 bits per heavy atom. The first-order valence-corrected chi connectivity index (χ1v) is 10.5. The number of nitrogen functional groups attached to an aromatic ring is 2. The zero-order valence-corrected chi connectivity index (χ0v) is 19.7. The molecule has 0 atom stereocenters. The Labute approximate surface area is 223 Å². The first-order valence-electron chi connectivity index (χ1n) is 10.5. The number of hydrogen-bond donors (Lipinski definition) is 2. The summed E-state index contributed by atoms with van der Waals surface area (Å²) in [4.78, 5) is 0. The minimum atomic E-state index is -5.72. The van der Waals surface area contributed by atoms with Crippen LogP contribution >= 0.6 is 0 Å². The molecule has 230 valence electrons. The number of benzene rings is 3. The van der Waals surface area contributed by atoms with Crippen molar-refractivity contribution < 1.29 is 75.3 Å². The van der Waals surface area contributed by atoms with Crippen molar-refractivity contribution in [2.75, 3.05) is 11.5 Å². The molecule has 3 aromatic rings. The third-order valence-corrected chi connectivity index (χ3v) is 5.30. The van der Waals surface area contributed by atoms with Crippen LogP contribution < -0.4 is 20.9 Å². The Hall–Kier alpha value is -4.19. The summed E-state index contributed by atoms with van der Waals surface area (Å²) in [6.07, 6.45) is -27.5. The molecule has 0 aliphatic heterocycles. The molecule has 0 aromatic heterocycles. The molecule has 0 bridgehead atoms. The highest BCUT2D eigenvalue weighted by Gasteiger charge is 2.45. The lowest BCUT2D eigenvalue weighted by Gasteiger charge is -2.22. The summed E-state index contributed by atoms with van der Waals surface area (Å²) in [7, 11) is 0. The molecular formula is C23H11F15N2O2. The third-order valence-electron chi connectivity index (χ3n) is 5.30. The highest BCUT2D eigenvalue weighted by molar-refractivity contribution is 5.64. The van der Waals surface area contributed by atoms with Gasteiger partial charge in [-0.15, -0.1) is 0 Å². The van der Waals surface area contributed by atoms with Gasteiger partial charge in [-0.25, -0.2) is 0 Å². The molecule has 0 spiro atoms. The summed E-state index contributed by atoms with van der Waals surface area (Å²) in [5, 5.41) is 0. The Balaban J connectivity index is 2.20. The molecule has 0 amide bonds. The maximum atomic E-state index is 13.6. The Morgan fingerprint density at radius 1 is 0.405 bits per heavy atom. The number of halogens is 15. The molecule has 3 rings (SSSR count). The van der Waals surface area contributed by atoms with E-state index in [4.69, 9.17) is 16.2 Å². The number of nitrogens with two attached hydrogens (primary N) is 2. The summed E-state index contributed by atoms with van der Waals surface area (Å²) in [5.41, 5.74) is -4.07. The van der Waals surface area contributed by atoms with E-state index in [1.54, 1.807) is 0 Å². The van der Waals surface area contributed by atoms with E-state index in [1.165, 1.54) is 0 Å². The first kappa shape index (κ1) is 32.3. The molecule has 0 saturated carbocycles. The molecule has 0 aliphatic rings. The molecule has 4 nitrogen and oxygen atoms in total. The zero-order valence-electron chi connectivity index (χ0n) is 19.7. The summed E-state index contributed by atoms with van der Waals surface area (Å²) >= 11 is 0. The van der Waals surface area contributed by atoms with Gasteiger partial charge in [0.1, 0.15) is 34.1 Å². The van der Waals surface area contributed by atoms with Gasteiger partial charge in [0, 0.05) is 6.07 Å². The van der Waals surface area contributed by atoms with Crippen molar-refractivity contribution >= 4 is 11.4 Å². The second-order valence-corrected chi connectivity index (χ2v) is 8.15. The SMILES string of the molecule is Nc1c(C(F)(F)F)ccc(Oc2ccc(C(F)(F)F)c(Oc3ccc(C(F)(F)F)c(N)c3C(F)(F)F)c2)c1C(F)(F)F. The summed E-state index contributed by atoms with van der Waals surface area (Å²) in [5.74, 6) is -5.77. The van der Waals surface area contributed by atoms with E-state index < -0.39 is 93.1 Å². The van der Waals surface area contributed by atoms with Crippen molar-refractivity contribution in [1.82, 2.24) is 0 Å². The van der Waals surface area contributed by atoms with Crippen molar-refractivity contribution in [3.05, 3.63) is 70.3 Å². The van der Waals surface area contributed by atoms with Gasteiger partial charge in [-0.05, 0) is 36.4 Å². The Kier molecular flexibility index (Phi) is 7.90. The summed E-state index contributed by atoms with van der Waals surface area (Å²) in [6, 6.07) is 0.703. The van der Waals surface area contributed by atoms with Crippen LogP contribution in [0.1, 0.15) is 27.8 Å². The second kappa shape index (κ2) is 10.3.